The third-order valence-electron chi connectivity index (χ3n) is 0.637. The predicted octanol–water partition coefficient (Wildman–Crippen LogP) is -2.85. The summed E-state index contributed by atoms with van der Waals surface area (Å²) in [6, 6.07) is 1.83. The van der Waals surface area contributed by atoms with Crippen molar-refractivity contribution in [1.82, 2.24) is 9.97 Å². The summed E-state index contributed by atoms with van der Waals surface area (Å²) in [6.07, 6.45) is 5.18. The summed E-state index contributed by atoms with van der Waals surface area (Å²) in [5, 5.41) is 8.17. The van der Waals surface area contributed by atoms with Crippen molar-refractivity contribution in [2.75, 3.05) is 0 Å². The van der Waals surface area contributed by atoms with Gasteiger partial charge in [-0.1, -0.05) is 6.20 Å². The zero-order valence-electron chi connectivity index (χ0n) is 5.00. The average molecular weight is 143 g/mol. The van der Waals surface area contributed by atoms with Crippen molar-refractivity contribution in [2.24, 2.45) is 0 Å². The summed E-state index contributed by atoms with van der Waals surface area (Å²) in [5.74, 6) is 0. The third kappa shape index (κ3) is 3.03. The molecule has 0 aliphatic heterocycles. The Morgan fingerprint density at radius 1 is 1.67 bits per heavy atom. The minimum Gasteiger partial charge on any atom is -0.455 e. The Labute approximate surface area is 95.6 Å². The van der Waals surface area contributed by atoms with E-state index in [4.69, 9.17) is 5.26 Å². The molecule has 0 saturated heterocycles. The van der Waals surface area contributed by atoms with E-state index in [1.807, 2.05) is 6.07 Å². The van der Waals surface area contributed by atoms with Gasteiger partial charge in [-0.15, -0.1) is 6.20 Å². The van der Waals surface area contributed by atoms with Crippen LogP contribution in [0, 0.1) is 17.5 Å². The van der Waals surface area contributed by atoms with Crippen LogP contribution in [0.5, 0.6) is 0 Å². The quantitative estimate of drug-likeness (QED) is 0.290. The number of aromatic nitrogens is 2. The van der Waals surface area contributed by atoms with E-state index in [9.17, 15) is 0 Å². The molecule has 0 spiro atoms. The second-order valence-electron chi connectivity index (χ2n) is 1.14. The normalized spacial score (nSPS) is 7.00. The number of nitrogens with zero attached hydrogens (tertiary/aromatic N) is 3. The van der Waals surface area contributed by atoms with Crippen molar-refractivity contribution in [3.63, 3.8) is 0 Å². The Balaban J connectivity index is 0.000000640. The van der Waals surface area contributed by atoms with Gasteiger partial charge < -0.3 is 4.98 Å². The third-order valence-corrected chi connectivity index (χ3v) is 0.637. The monoisotopic (exact) mass is 143 g/mol. The first-order valence-corrected chi connectivity index (χ1v) is 2.01. The Bertz CT molecular complexity index is 203. The van der Waals surface area contributed by atoms with Gasteiger partial charge in [0.2, 0.25) is 0 Å². The maximum atomic E-state index is 8.17. The molecule has 0 aliphatic rings. The maximum absolute atomic E-state index is 8.17. The van der Waals surface area contributed by atoms with Crippen LogP contribution in [0.25, 0.3) is 0 Å². The van der Waals surface area contributed by atoms with Crippen molar-refractivity contribution in [1.29, 1.82) is 5.26 Å². The summed E-state index contributed by atoms with van der Waals surface area (Å²) in [6.45, 7) is 0. The van der Waals surface area contributed by atoms with E-state index in [-0.39, 0.29) is 51.4 Å². The van der Waals surface area contributed by atoms with Gasteiger partial charge in [0.05, 0.1) is 5.69 Å². The van der Waals surface area contributed by atoms with E-state index < -0.39 is 0 Å². The summed E-state index contributed by atoms with van der Waals surface area (Å²) in [5.41, 5.74) is 0.323. The Morgan fingerprint density at radius 2 is 2.44 bits per heavy atom. The van der Waals surface area contributed by atoms with Gasteiger partial charge in [0.1, 0.15) is 6.07 Å². The minimum absolute atomic E-state index is 0. The average Bonchev–Trinajstić information content (AvgIpc) is 1.90. The molecule has 38 valence electrons. The smallest absolute Gasteiger partial charge is 0.455 e. The molecule has 0 fully saturated rings. The van der Waals surface area contributed by atoms with E-state index in [0.717, 1.165) is 0 Å². The molecule has 1 aromatic heterocycles. The van der Waals surface area contributed by atoms with Crippen LogP contribution in [0.4, 0.5) is 0 Å². The van der Waals surface area contributed by atoms with Gasteiger partial charge in [-0.2, -0.15) is 5.26 Å². The van der Waals surface area contributed by atoms with Crippen LogP contribution >= 0.6 is 0 Å². The van der Waals surface area contributed by atoms with Crippen LogP contribution < -0.4 is 51.4 Å². The molecule has 9 heavy (non-hydrogen) atoms. The van der Waals surface area contributed by atoms with Crippen molar-refractivity contribution in [3.05, 3.63) is 24.3 Å². The fraction of sp³-hybridized carbons (Fsp3) is 0. The summed E-state index contributed by atoms with van der Waals surface area (Å²) in [7, 11) is 0. The second kappa shape index (κ2) is 5.03. The summed E-state index contributed by atoms with van der Waals surface area (Å²) in [4.78, 5) is 7.16. The molecule has 0 bridgehead atoms. The Morgan fingerprint density at radius 3 is 2.78 bits per heavy atom. The van der Waals surface area contributed by atoms with Crippen molar-refractivity contribution in [3.8, 4) is 6.07 Å². The first-order valence-electron chi connectivity index (χ1n) is 2.01. The second-order valence-corrected chi connectivity index (χ2v) is 1.14. The number of hydrogen-bond acceptors (Lipinski definition) is 3. The number of hydrogen-bond donors (Lipinski definition) is 0. The van der Waals surface area contributed by atoms with E-state index in [2.05, 4.69) is 16.2 Å². The topological polar surface area (TPSA) is 49.6 Å². The van der Waals surface area contributed by atoms with Gasteiger partial charge in [0.15, 0.2) is 0 Å². The Kier molecular flexibility index (Phi) is 5.14. The van der Waals surface area contributed by atoms with Crippen LogP contribution in [0.15, 0.2) is 12.4 Å². The summed E-state index contributed by atoms with van der Waals surface area (Å²) < 4.78 is 0. The largest absolute Gasteiger partial charge is 1.00 e. The van der Waals surface area contributed by atoms with Crippen LogP contribution in [0.2, 0.25) is 0 Å². The van der Waals surface area contributed by atoms with Gasteiger partial charge in [0.25, 0.3) is 0 Å². The first-order chi connectivity index (χ1) is 3.93. The van der Waals surface area contributed by atoms with Crippen LogP contribution in [-0.4, -0.2) is 9.97 Å². The zero-order chi connectivity index (χ0) is 5.82. The van der Waals surface area contributed by atoms with E-state index in [1.165, 1.54) is 12.4 Å². The molecule has 0 saturated carbocycles. The number of nitriles is 1. The molecule has 0 amide bonds. The van der Waals surface area contributed by atoms with Crippen LogP contribution in [0.1, 0.15) is 5.69 Å². The van der Waals surface area contributed by atoms with E-state index in [0.29, 0.717) is 5.69 Å². The van der Waals surface area contributed by atoms with Gasteiger partial charge in [0, 0.05) is 0 Å². The zero-order valence-corrected chi connectivity index (χ0v) is 8.12. The maximum Gasteiger partial charge on any atom is 1.00 e. The molecule has 1 heterocycles. The fourth-order valence-corrected chi connectivity index (χ4v) is 0.321. The molecular weight excluding hydrogens is 141 g/mol. The molecule has 0 radical (unpaired) electrons. The van der Waals surface area contributed by atoms with Gasteiger partial charge in [-0.3, -0.25) is 4.98 Å². The van der Waals surface area contributed by atoms with Gasteiger partial charge >= 0.3 is 51.4 Å². The molecule has 4 heteroatoms. The molecule has 0 N–H and O–H groups in total. The molecule has 1 aromatic rings. The molecule has 0 atom stereocenters. The molecule has 0 unspecified atom stereocenters. The van der Waals surface area contributed by atoms with Crippen molar-refractivity contribution >= 4 is 0 Å². The van der Waals surface area contributed by atoms with E-state index >= 15 is 0 Å². The SMILES string of the molecule is N#Cc1cn[c-]cn1.[K+]. The molecule has 0 aromatic carbocycles. The molecule has 3 nitrogen and oxygen atoms in total. The Hall–Kier alpha value is 0.206. The summed E-state index contributed by atoms with van der Waals surface area (Å²) >= 11 is 0. The van der Waals surface area contributed by atoms with E-state index in [1.54, 1.807) is 0 Å². The predicted molar refractivity (Wildman–Crippen MR) is 25.6 cm³/mol. The van der Waals surface area contributed by atoms with Crippen molar-refractivity contribution in [2.45, 2.75) is 0 Å². The van der Waals surface area contributed by atoms with Gasteiger partial charge in [-0.25, -0.2) is 0 Å². The van der Waals surface area contributed by atoms with Crippen molar-refractivity contribution < 1.29 is 51.4 Å². The number of rotatable bonds is 0. The molecular formula is C5H2KN3. The minimum atomic E-state index is 0. The van der Waals surface area contributed by atoms with Crippen LogP contribution in [0.3, 0.4) is 0 Å². The first kappa shape index (κ1) is 9.21. The van der Waals surface area contributed by atoms with Crippen LogP contribution in [-0.2, 0) is 0 Å². The molecule has 0 aliphatic carbocycles. The standard InChI is InChI=1S/C5H2N3.K/c6-3-5-4-7-1-2-8-5;/h2,4H;/q-1;+1. The fourth-order valence-electron chi connectivity index (χ4n) is 0.321. The molecule has 1 rings (SSSR count). The van der Waals surface area contributed by atoms with Gasteiger partial charge in [-0.05, 0) is 6.20 Å².